The summed E-state index contributed by atoms with van der Waals surface area (Å²) in [5.41, 5.74) is 1.19. The number of fused-ring (bicyclic) bond motifs is 2. The molecule has 13 nitrogen and oxygen atoms in total. The topological polar surface area (TPSA) is 172 Å². The van der Waals surface area contributed by atoms with Crippen LogP contribution in [-0.2, 0) is 35.2 Å². The minimum absolute atomic E-state index is 0.0797. The van der Waals surface area contributed by atoms with E-state index in [1.54, 1.807) is 42.5 Å². The quantitative estimate of drug-likeness (QED) is 0.372. The van der Waals surface area contributed by atoms with E-state index in [9.17, 15) is 28.8 Å². The van der Waals surface area contributed by atoms with Gasteiger partial charge in [-0.05, 0) is 29.8 Å². The predicted octanol–water partition coefficient (Wildman–Crippen LogP) is 0.000700. The first-order chi connectivity index (χ1) is 18.7. The Hall–Kier alpha value is -4.94. The van der Waals surface area contributed by atoms with Crippen LogP contribution in [0.2, 0.25) is 0 Å². The van der Waals surface area contributed by atoms with Gasteiger partial charge in [-0.1, -0.05) is 18.2 Å². The third-order valence-corrected chi connectivity index (χ3v) is 6.12. The third-order valence-electron chi connectivity index (χ3n) is 6.12. The summed E-state index contributed by atoms with van der Waals surface area (Å²) in [6, 6.07) is 8.94. The largest absolute Gasteiger partial charge is 0.481 e. The number of aldehydes is 1. The van der Waals surface area contributed by atoms with Crippen molar-refractivity contribution in [1.29, 1.82) is 0 Å². The van der Waals surface area contributed by atoms with Gasteiger partial charge < -0.3 is 34.9 Å². The molecule has 13 heteroatoms. The molecule has 0 radical (unpaired) electrons. The highest BCUT2D eigenvalue weighted by molar-refractivity contribution is 6.10. The van der Waals surface area contributed by atoms with Crippen molar-refractivity contribution in [3.63, 3.8) is 0 Å². The predicted molar refractivity (Wildman–Crippen MR) is 135 cm³/mol. The Morgan fingerprint density at radius 2 is 1.79 bits per heavy atom. The number of hydrogen-bond donors (Lipinski definition) is 3. The van der Waals surface area contributed by atoms with Gasteiger partial charge in [-0.3, -0.25) is 28.9 Å². The van der Waals surface area contributed by atoms with Crippen molar-refractivity contribution in [2.45, 2.75) is 31.8 Å². The Bertz CT molecular complexity index is 1330. The van der Waals surface area contributed by atoms with Gasteiger partial charge >= 0.3 is 5.97 Å². The van der Waals surface area contributed by atoms with Crippen molar-refractivity contribution in [3.8, 4) is 11.5 Å². The molecule has 4 rings (SSSR count). The minimum Gasteiger partial charge on any atom is -0.481 e. The Labute approximate surface area is 222 Å². The molecule has 0 bridgehead atoms. The van der Waals surface area contributed by atoms with E-state index in [1.165, 1.54) is 11.8 Å². The number of benzene rings is 2. The maximum atomic E-state index is 13.7. The highest BCUT2D eigenvalue weighted by atomic mass is 16.7. The molecule has 2 aromatic carbocycles. The first-order valence-corrected chi connectivity index (χ1v) is 12.0. The van der Waals surface area contributed by atoms with Crippen LogP contribution in [0.5, 0.6) is 11.5 Å². The van der Waals surface area contributed by atoms with E-state index in [0.717, 1.165) is 4.90 Å². The Balaban J connectivity index is 1.57. The first-order valence-electron chi connectivity index (χ1n) is 12.0. The number of nitrogens with zero attached hydrogens (tertiary/aromatic N) is 2. The minimum atomic E-state index is -1.29. The second-order valence-electron chi connectivity index (χ2n) is 8.94. The highest BCUT2D eigenvalue weighted by Crippen LogP contribution is 2.34. The molecule has 39 heavy (non-hydrogen) atoms. The average Bonchev–Trinajstić information content (AvgIpc) is 3.32. The molecule has 2 aliphatic heterocycles. The first kappa shape index (κ1) is 27.1. The lowest BCUT2D eigenvalue weighted by atomic mass is 10.1. The van der Waals surface area contributed by atoms with Crippen molar-refractivity contribution < 1.29 is 43.3 Å². The number of aliphatic carboxylic acids is 1. The molecular formula is C26H26N4O9. The molecule has 204 valence electrons. The number of ether oxygens (including phenoxy) is 2. The van der Waals surface area contributed by atoms with Crippen LogP contribution in [0.15, 0.2) is 42.5 Å². The number of amides is 4. The molecule has 2 heterocycles. The zero-order chi connectivity index (χ0) is 28.1. The fourth-order valence-electron chi connectivity index (χ4n) is 4.35. The van der Waals surface area contributed by atoms with Crippen LogP contribution in [0.25, 0.3) is 0 Å². The summed E-state index contributed by atoms with van der Waals surface area (Å²) in [6.45, 7) is 0.623. The van der Waals surface area contributed by atoms with Gasteiger partial charge in [-0.25, -0.2) is 0 Å². The van der Waals surface area contributed by atoms with E-state index < -0.39 is 48.7 Å². The second kappa shape index (κ2) is 11.6. The molecule has 2 aromatic rings. The summed E-state index contributed by atoms with van der Waals surface area (Å²) in [5.74, 6) is -2.59. The number of carbonyl (C=O) groups excluding carboxylic acids is 5. The van der Waals surface area contributed by atoms with Gasteiger partial charge in [0.2, 0.25) is 24.5 Å². The molecule has 0 spiro atoms. The van der Waals surface area contributed by atoms with E-state index in [2.05, 4.69) is 10.6 Å². The number of hydrogen-bond acceptors (Lipinski definition) is 8. The summed E-state index contributed by atoms with van der Waals surface area (Å²) >= 11 is 0. The normalized spacial score (nSPS) is 16.5. The van der Waals surface area contributed by atoms with E-state index >= 15 is 0 Å². The number of rotatable bonds is 9. The lowest BCUT2D eigenvalue weighted by molar-refractivity contribution is -0.139. The van der Waals surface area contributed by atoms with Crippen molar-refractivity contribution in [1.82, 2.24) is 10.6 Å². The van der Waals surface area contributed by atoms with E-state index in [0.29, 0.717) is 29.0 Å². The lowest BCUT2D eigenvalue weighted by Crippen LogP contribution is -2.55. The van der Waals surface area contributed by atoms with E-state index in [1.807, 2.05) is 0 Å². The van der Waals surface area contributed by atoms with Gasteiger partial charge in [-0.15, -0.1) is 0 Å². The monoisotopic (exact) mass is 538 g/mol. The van der Waals surface area contributed by atoms with E-state index in [-0.39, 0.29) is 31.4 Å². The summed E-state index contributed by atoms with van der Waals surface area (Å²) < 4.78 is 10.6. The standard InChI is InChI=1S/C26H26N4O9/c1-15(32)29-11-18(28-23(33)9-16-6-7-21-22(8-16)39-14-38-21)26(37)30(20-5-3-2-4-19(20)29)12-24(34)27-17(13-31)10-25(35)36/h2-8,13,17-18H,9-12,14H2,1H3,(H,27,34)(H,28,33)(H,35,36)/t17-,18-/m0/s1. The third kappa shape index (κ3) is 6.32. The molecule has 0 aliphatic carbocycles. The van der Waals surface area contributed by atoms with Gasteiger partial charge in [0.05, 0.1) is 36.8 Å². The molecule has 0 unspecified atom stereocenters. The fourth-order valence-corrected chi connectivity index (χ4v) is 4.35. The number of carboxylic acids is 1. The van der Waals surface area contributed by atoms with Crippen LogP contribution in [-0.4, -0.2) is 73.0 Å². The summed E-state index contributed by atoms with van der Waals surface area (Å²) in [7, 11) is 0. The number of carbonyl (C=O) groups is 6. The van der Waals surface area contributed by atoms with Crippen LogP contribution in [0.1, 0.15) is 18.9 Å². The Morgan fingerprint density at radius 3 is 2.49 bits per heavy atom. The Kier molecular flexibility index (Phi) is 8.08. The molecule has 0 aromatic heterocycles. The average molecular weight is 539 g/mol. The zero-order valence-electron chi connectivity index (χ0n) is 20.9. The maximum absolute atomic E-state index is 13.7. The van der Waals surface area contributed by atoms with Gasteiger partial charge in [-0.2, -0.15) is 0 Å². The van der Waals surface area contributed by atoms with Crippen molar-refractivity contribution in [2.24, 2.45) is 0 Å². The zero-order valence-corrected chi connectivity index (χ0v) is 20.9. The van der Waals surface area contributed by atoms with Crippen LogP contribution >= 0.6 is 0 Å². The maximum Gasteiger partial charge on any atom is 0.305 e. The number of para-hydroxylation sites is 2. The van der Waals surface area contributed by atoms with Crippen LogP contribution in [0.4, 0.5) is 11.4 Å². The smallest absolute Gasteiger partial charge is 0.305 e. The van der Waals surface area contributed by atoms with Crippen LogP contribution < -0.4 is 29.9 Å². The number of carboxylic acid groups (broad SMARTS) is 1. The van der Waals surface area contributed by atoms with Gasteiger partial charge in [0.15, 0.2) is 11.5 Å². The second-order valence-corrected chi connectivity index (χ2v) is 8.94. The van der Waals surface area contributed by atoms with E-state index in [4.69, 9.17) is 14.6 Å². The molecular weight excluding hydrogens is 512 g/mol. The Morgan fingerprint density at radius 1 is 1.08 bits per heavy atom. The highest BCUT2D eigenvalue weighted by Gasteiger charge is 2.37. The molecule has 0 fully saturated rings. The summed E-state index contributed by atoms with van der Waals surface area (Å²) in [6.07, 6.45) is -0.429. The molecule has 0 saturated heterocycles. The van der Waals surface area contributed by atoms with Crippen molar-refractivity contribution in [2.75, 3.05) is 29.7 Å². The summed E-state index contributed by atoms with van der Waals surface area (Å²) in [4.78, 5) is 76.6. The molecule has 4 amide bonds. The summed E-state index contributed by atoms with van der Waals surface area (Å²) in [5, 5.41) is 13.9. The van der Waals surface area contributed by atoms with Gasteiger partial charge in [0.25, 0.3) is 5.91 Å². The molecule has 0 saturated carbocycles. The van der Waals surface area contributed by atoms with Gasteiger partial charge in [0, 0.05) is 6.92 Å². The van der Waals surface area contributed by atoms with Crippen LogP contribution in [0.3, 0.4) is 0 Å². The number of nitrogens with one attached hydrogen (secondary N) is 2. The SMILES string of the molecule is CC(=O)N1C[C@H](NC(=O)Cc2ccc3c(c2)OCO3)C(=O)N(CC(=O)N[C@H](C=O)CC(=O)O)c2ccccc21. The van der Waals surface area contributed by atoms with Crippen LogP contribution in [0, 0.1) is 0 Å². The van der Waals surface area contributed by atoms with Crippen molar-refractivity contribution >= 4 is 47.3 Å². The number of anilines is 2. The fraction of sp³-hybridized carbons (Fsp3) is 0.308. The molecule has 2 atom stereocenters. The van der Waals surface area contributed by atoms with Gasteiger partial charge in [0.1, 0.15) is 18.9 Å². The molecule has 2 aliphatic rings. The molecule has 3 N–H and O–H groups in total. The van der Waals surface area contributed by atoms with Crippen molar-refractivity contribution in [3.05, 3.63) is 48.0 Å². The lowest BCUT2D eigenvalue weighted by Gasteiger charge is -2.25.